The van der Waals surface area contributed by atoms with Gasteiger partial charge in [0.05, 0.1) is 7.11 Å². The summed E-state index contributed by atoms with van der Waals surface area (Å²) in [6.45, 7) is 4.86. The maximum atomic E-state index is 12.4. The van der Waals surface area contributed by atoms with E-state index >= 15 is 0 Å². The molecule has 1 unspecified atom stereocenters. The summed E-state index contributed by atoms with van der Waals surface area (Å²) in [5.74, 6) is -0.423. The molecule has 3 amide bonds. The third-order valence-electron chi connectivity index (χ3n) is 4.06. The third-order valence-corrected chi connectivity index (χ3v) is 4.06. The maximum absolute atomic E-state index is 12.4. The summed E-state index contributed by atoms with van der Waals surface area (Å²) in [7, 11) is 1.35. The van der Waals surface area contributed by atoms with Crippen LogP contribution in [0.4, 0.5) is 4.79 Å². The summed E-state index contributed by atoms with van der Waals surface area (Å²) in [6.07, 6.45) is 2.49. The quantitative estimate of drug-likeness (QED) is 0.791. The van der Waals surface area contributed by atoms with Crippen LogP contribution in [-0.4, -0.2) is 49.0 Å². The minimum atomic E-state index is -0.370. The molecule has 25 heavy (non-hydrogen) atoms. The van der Waals surface area contributed by atoms with Crippen LogP contribution < -0.4 is 10.6 Å². The topological polar surface area (TPSA) is 87.7 Å². The Morgan fingerprint density at radius 2 is 2.04 bits per heavy atom. The molecule has 1 saturated heterocycles. The third kappa shape index (κ3) is 5.34. The Labute approximate surface area is 147 Å². The molecule has 7 heteroatoms. The number of nitrogens with zero attached hydrogens (tertiary/aromatic N) is 1. The number of nitrogens with one attached hydrogen (secondary N) is 2. The van der Waals surface area contributed by atoms with Crippen LogP contribution in [0.1, 0.15) is 28.8 Å². The van der Waals surface area contributed by atoms with Crippen LogP contribution in [0.3, 0.4) is 0 Å². The van der Waals surface area contributed by atoms with Crippen LogP contribution >= 0.6 is 0 Å². The maximum Gasteiger partial charge on any atom is 0.409 e. The molecule has 2 rings (SSSR count). The molecule has 2 N–H and O–H groups in total. The fourth-order valence-corrected chi connectivity index (χ4v) is 2.69. The fraction of sp³-hybridized carbons (Fsp3) is 0.389. The molecule has 1 atom stereocenters. The Balaban J connectivity index is 1.88. The van der Waals surface area contributed by atoms with Crippen LogP contribution in [0.25, 0.3) is 0 Å². The smallest absolute Gasteiger partial charge is 0.409 e. The van der Waals surface area contributed by atoms with E-state index in [0.717, 1.165) is 18.4 Å². The van der Waals surface area contributed by atoms with Gasteiger partial charge in [-0.2, -0.15) is 0 Å². The summed E-state index contributed by atoms with van der Waals surface area (Å²) in [5, 5.41) is 5.63. The first-order valence-electron chi connectivity index (χ1n) is 8.16. The summed E-state index contributed by atoms with van der Waals surface area (Å²) in [4.78, 5) is 36.7. The summed E-state index contributed by atoms with van der Waals surface area (Å²) in [6, 6.07) is 6.92. The van der Waals surface area contributed by atoms with Crippen molar-refractivity contribution in [2.24, 2.45) is 0 Å². The highest BCUT2D eigenvalue weighted by Crippen LogP contribution is 2.12. The highest BCUT2D eigenvalue weighted by Gasteiger charge is 2.25. The zero-order valence-electron chi connectivity index (χ0n) is 14.3. The van der Waals surface area contributed by atoms with Gasteiger partial charge in [-0.1, -0.05) is 18.7 Å². The largest absolute Gasteiger partial charge is 0.453 e. The number of carbonyl (C=O) groups is 3. The van der Waals surface area contributed by atoms with Crippen molar-refractivity contribution in [2.75, 3.05) is 20.2 Å². The monoisotopic (exact) mass is 345 g/mol. The van der Waals surface area contributed by atoms with Gasteiger partial charge in [0.15, 0.2) is 0 Å². The van der Waals surface area contributed by atoms with Crippen molar-refractivity contribution in [3.63, 3.8) is 0 Å². The summed E-state index contributed by atoms with van der Waals surface area (Å²) < 4.78 is 4.73. The molecule has 134 valence electrons. The van der Waals surface area contributed by atoms with Gasteiger partial charge in [-0.3, -0.25) is 9.59 Å². The minimum absolute atomic E-state index is 0.0908. The molecule has 0 radical (unpaired) electrons. The van der Waals surface area contributed by atoms with Gasteiger partial charge in [-0.25, -0.2) is 4.79 Å². The van der Waals surface area contributed by atoms with E-state index < -0.39 is 0 Å². The second-order valence-corrected chi connectivity index (χ2v) is 5.85. The van der Waals surface area contributed by atoms with Gasteiger partial charge in [0, 0.05) is 31.2 Å². The lowest BCUT2D eigenvalue weighted by Gasteiger charge is -2.32. The molecule has 0 aliphatic carbocycles. The molecule has 0 spiro atoms. The Bertz CT molecular complexity index is 642. The number of methoxy groups -OCH3 is 1. The van der Waals surface area contributed by atoms with E-state index in [2.05, 4.69) is 17.2 Å². The zero-order valence-corrected chi connectivity index (χ0v) is 14.3. The van der Waals surface area contributed by atoms with E-state index in [-0.39, 0.29) is 23.9 Å². The van der Waals surface area contributed by atoms with E-state index in [1.807, 2.05) is 0 Å². The van der Waals surface area contributed by atoms with E-state index in [4.69, 9.17) is 4.74 Å². The van der Waals surface area contributed by atoms with Gasteiger partial charge in [0.1, 0.15) is 0 Å². The van der Waals surface area contributed by atoms with Crippen LogP contribution in [0, 0.1) is 0 Å². The lowest BCUT2D eigenvalue weighted by Crippen LogP contribution is -2.49. The Morgan fingerprint density at radius 1 is 1.32 bits per heavy atom. The molecule has 1 aromatic carbocycles. The number of ether oxygens (including phenoxy) is 1. The van der Waals surface area contributed by atoms with Gasteiger partial charge >= 0.3 is 6.09 Å². The number of rotatable bonds is 5. The zero-order chi connectivity index (χ0) is 18.2. The summed E-state index contributed by atoms with van der Waals surface area (Å²) >= 11 is 0. The number of amides is 3. The molecule has 1 heterocycles. The van der Waals surface area contributed by atoms with Gasteiger partial charge in [-0.15, -0.1) is 0 Å². The fourth-order valence-electron chi connectivity index (χ4n) is 2.69. The van der Waals surface area contributed by atoms with Crippen LogP contribution in [0.5, 0.6) is 0 Å². The first kappa shape index (κ1) is 18.5. The molecule has 7 nitrogen and oxygen atoms in total. The van der Waals surface area contributed by atoms with Crippen molar-refractivity contribution < 1.29 is 19.1 Å². The first-order chi connectivity index (χ1) is 12.0. The molecular formula is C18H23N3O4. The SMILES string of the molecule is C=CC(=O)NCc1ccc(C(=O)NC2CCCN(C(=O)OC)C2)cc1. The highest BCUT2D eigenvalue weighted by molar-refractivity contribution is 5.94. The Hall–Kier alpha value is -2.83. The van der Waals surface area contributed by atoms with Crippen LogP contribution in [-0.2, 0) is 16.1 Å². The highest BCUT2D eigenvalue weighted by atomic mass is 16.5. The molecule has 1 fully saturated rings. The summed E-state index contributed by atoms with van der Waals surface area (Å²) in [5.41, 5.74) is 1.43. The predicted molar refractivity (Wildman–Crippen MR) is 93.0 cm³/mol. The van der Waals surface area contributed by atoms with Crippen molar-refractivity contribution in [1.29, 1.82) is 0 Å². The Kier molecular flexibility index (Phi) is 6.56. The molecule has 1 aliphatic heterocycles. The standard InChI is InChI=1S/C18H23N3O4/c1-3-16(22)19-11-13-6-8-14(9-7-13)17(23)20-15-5-4-10-21(12-15)18(24)25-2/h3,6-9,15H,1,4-5,10-12H2,2H3,(H,19,22)(H,20,23). The van der Waals surface area contributed by atoms with E-state index in [1.165, 1.54) is 13.2 Å². The van der Waals surface area contributed by atoms with Crippen LogP contribution in [0.15, 0.2) is 36.9 Å². The van der Waals surface area contributed by atoms with E-state index in [1.54, 1.807) is 29.2 Å². The van der Waals surface area contributed by atoms with Gasteiger partial charge in [0.25, 0.3) is 5.91 Å². The minimum Gasteiger partial charge on any atom is -0.453 e. The molecule has 0 bridgehead atoms. The second-order valence-electron chi connectivity index (χ2n) is 5.85. The van der Waals surface area contributed by atoms with Crippen molar-refractivity contribution in [1.82, 2.24) is 15.5 Å². The van der Waals surface area contributed by atoms with Crippen molar-refractivity contribution in [3.05, 3.63) is 48.0 Å². The normalized spacial score (nSPS) is 16.7. The van der Waals surface area contributed by atoms with Crippen molar-refractivity contribution >= 4 is 17.9 Å². The lowest BCUT2D eigenvalue weighted by molar-refractivity contribution is -0.116. The van der Waals surface area contributed by atoms with Crippen LogP contribution in [0.2, 0.25) is 0 Å². The number of benzene rings is 1. The number of piperidine rings is 1. The number of likely N-dealkylation sites (tertiary alicyclic amines) is 1. The average Bonchev–Trinajstić information content (AvgIpc) is 2.65. The molecule has 1 aromatic rings. The van der Waals surface area contributed by atoms with Gasteiger partial charge in [-0.05, 0) is 36.6 Å². The lowest BCUT2D eigenvalue weighted by atomic mass is 10.0. The number of hydrogen-bond acceptors (Lipinski definition) is 4. The van der Waals surface area contributed by atoms with Gasteiger partial charge in [0.2, 0.25) is 5.91 Å². The molecule has 0 aromatic heterocycles. The first-order valence-corrected chi connectivity index (χ1v) is 8.16. The van der Waals surface area contributed by atoms with Crippen molar-refractivity contribution in [3.8, 4) is 0 Å². The predicted octanol–water partition coefficient (Wildman–Crippen LogP) is 1.45. The van der Waals surface area contributed by atoms with Crippen molar-refractivity contribution in [2.45, 2.75) is 25.4 Å². The Morgan fingerprint density at radius 3 is 2.68 bits per heavy atom. The second kappa shape index (κ2) is 8.86. The number of carbonyl (C=O) groups excluding carboxylic acids is 3. The molecular weight excluding hydrogens is 322 g/mol. The van der Waals surface area contributed by atoms with Gasteiger partial charge < -0.3 is 20.3 Å². The average molecular weight is 345 g/mol. The number of hydrogen-bond donors (Lipinski definition) is 2. The van der Waals surface area contributed by atoms with E-state index in [0.29, 0.717) is 25.2 Å². The van der Waals surface area contributed by atoms with E-state index in [9.17, 15) is 14.4 Å². The molecule has 1 aliphatic rings. The molecule has 0 saturated carbocycles.